The maximum atomic E-state index is 13.0. The molecule has 10 nitrogen and oxygen atoms in total. The highest BCUT2D eigenvalue weighted by Crippen LogP contribution is 2.46. The van der Waals surface area contributed by atoms with Crippen LogP contribution >= 0.6 is 34.9 Å². The molecular formula is C25H20N4O6S3. The van der Waals surface area contributed by atoms with E-state index in [2.05, 4.69) is 10.3 Å². The van der Waals surface area contributed by atoms with E-state index in [0.717, 1.165) is 15.7 Å². The fourth-order valence-electron chi connectivity index (χ4n) is 4.63. The van der Waals surface area contributed by atoms with Crippen molar-refractivity contribution < 1.29 is 29.0 Å². The van der Waals surface area contributed by atoms with Crippen LogP contribution in [0.2, 0.25) is 0 Å². The molecule has 0 saturated carbocycles. The number of hydrogen-bond acceptors (Lipinski definition) is 10. The Kier molecular flexibility index (Phi) is 6.30. The SMILES string of the molecule is Nc1nc(CC(=O)N[C@@H]2C(=O)N3C(C(=O)O)=C(Sc4ccc5c(c4)oc4c(CO)cccc45)CS[C@@H]23)cs1. The van der Waals surface area contributed by atoms with Crippen LogP contribution in [0.25, 0.3) is 21.9 Å². The van der Waals surface area contributed by atoms with Crippen molar-refractivity contribution in [2.45, 2.75) is 29.3 Å². The van der Waals surface area contributed by atoms with Gasteiger partial charge >= 0.3 is 5.97 Å². The largest absolute Gasteiger partial charge is 0.477 e. The molecule has 6 rings (SSSR count). The molecule has 0 spiro atoms. The van der Waals surface area contributed by atoms with E-state index in [9.17, 15) is 24.6 Å². The van der Waals surface area contributed by atoms with Crippen LogP contribution in [-0.4, -0.2) is 55.0 Å². The van der Waals surface area contributed by atoms with Gasteiger partial charge < -0.3 is 25.7 Å². The molecular weight excluding hydrogens is 548 g/mol. The number of nitrogens with zero attached hydrogens (tertiary/aromatic N) is 2. The highest BCUT2D eigenvalue weighted by atomic mass is 32.2. The number of β-lactam (4-membered cyclic amide) rings is 1. The monoisotopic (exact) mass is 568 g/mol. The summed E-state index contributed by atoms with van der Waals surface area (Å²) in [5.74, 6) is -1.68. The number of benzene rings is 2. The number of hydrogen-bond donors (Lipinski definition) is 4. The van der Waals surface area contributed by atoms with E-state index < -0.39 is 23.3 Å². The van der Waals surface area contributed by atoms with E-state index in [0.29, 0.717) is 38.2 Å². The minimum atomic E-state index is -1.20. The summed E-state index contributed by atoms with van der Waals surface area (Å²) < 4.78 is 6.01. The topological polar surface area (TPSA) is 159 Å². The number of thioether (sulfide) groups is 2. The maximum absolute atomic E-state index is 13.0. The van der Waals surface area contributed by atoms with Crippen LogP contribution in [0.1, 0.15) is 11.3 Å². The molecule has 2 atom stereocenters. The van der Waals surface area contributed by atoms with Crippen molar-refractivity contribution in [2.24, 2.45) is 0 Å². The summed E-state index contributed by atoms with van der Waals surface area (Å²) in [6, 6.07) is 10.4. The molecule has 38 heavy (non-hydrogen) atoms. The van der Waals surface area contributed by atoms with Crippen LogP contribution in [0.15, 0.2) is 61.7 Å². The van der Waals surface area contributed by atoms with Gasteiger partial charge in [0.2, 0.25) is 5.91 Å². The molecule has 1 saturated heterocycles. The highest BCUT2D eigenvalue weighted by Gasteiger charge is 2.54. The lowest BCUT2D eigenvalue weighted by atomic mass is 10.0. The number of anilines is 1. The minimum absolute atomic E-state index is 0.0122. The van der Waals surface area contributed by atoms with Gasteiger partial charge in [0.15, 0.2) is 5.13 Å². The van der Waals surface area contributed by atoms with Crippen LogP contribution in [0.5, 0.6) is 0 Å². The molecule has 1 fully saturated rings. The molecule has 2 aliphatic rings. The zero-order valence-corrected chi connectivity index (χ0v) is 22.0. The maximum Gasteiger partial charge on any atom is 0.353 e. The van der Waals surface area contributed by atoms with Gasteiger partial charge in [-0.2, -0.15) is 0 Å². The predicted octanol–water partition coefficient (Wildman–Crippen LogP) is 3.15. The van der Waals surface area contributed by atoms with Crippen molar-refractivity contribution in [3.63, 3.8) is 0 Å². The molecule has 0 bridgehead atoms. The third-order valence-electron chi connectivity index (χ3n) is 6.33. The molecule has 0 aliphatic carbocycles. The van der Waals surface area contributed by atoms with Crippen LogP contribution in [0, 0.1) is 0 Å². The van der Waals surface area contributed by atoms with Crippen LogP contribution in [0.3, 0.4) is 0 Å². The van der Waals surface area contributed by atoms with Gasteiger partial charge in [-0.15, -0.1) is 23.1 Å². The summed E-state index contributed by atoms with van der Waals surface area (Å²) in [7, 11) is 0. The molecule has 0 radical (unpaired) electrons. The number of aromatic nitrogens is 1. The average Bonchev–Trinajstić information content (AvgIpc) is 3.48. The van der Waals surface area contributed by atoms with Crippen LogP contribution in [-0.2, 0) is 27.4 Å². The van der Waals surface area contributed by atoms with Crippen LogP contribution in [0.4, 0.5) is 5.13 Å². The van der Waals surface area contributed by atoms with Gasteiger partial charge in [0.05, 0.1) is 18.7 Å². The van der Waals surface area contributed by atoms with Gasteiger partial charge in [0, 0.05) is 37.3 Å². The zero-order valence-electron chi connectivity index (χ0n) is 19.5. The molecule has 2 aliphatic heterocycles. The minimum Gasteiger partial charge on any atom is -0.477 e. The number of rotatable bonds is 7. The molecule has 194 valence electrons. The van der Waals surface area contributed by atoms with E-state index in [1.807, 2.05) is 30.3 Å². The summed E-state index contributed by atoms with van der Waals surface area (Å²) >= 11 is 3.90. The standard InChI is InChI=1S/C25H20N4O6S3/c26-25-27-12(9-37-25)6-18(31)28-19-22(32)29-20(24(33)34)17(10-36-23(19)29)38-13-4-5-14-15-3-1-2-11(8-30)21(15)35-16(14)7-13/h1-5,7,9,19,23,30H,6,8,10H2,(H2,26,27)(H,28,31)(H,33,34)/t19-,23+/m1/s1. The van der Waals surface area contributed by atoms with Crippen molar-refractivity contribution in [1.82, 2.24) is 15.2 Å². The summed E-state index contributed by atoms with van der Waals surface area (Å²) in [5.41, 5.74) is 7.97. The zero-order chi connectivity index (χ0) is 26.6. The number of nitrogens with two attached hydrogens (primary N) is 1. The Morgan fingerprint density at radius 3 is 2.84 bits per heavy atom. The molecule has 5 N–H and O–H groups in total. The number of aliphatic carboxylic acids is 1. The number of carbonyl (C=O) groups excluding carboxylic acids is 2. The van der Waals surface area contributed by atoms with Gasteiger partial charge in [0.25, 0.3) is 5.91 Å². The quantitative estimate of drug-likeness (QED) is 0.244. The number of nitrogens with one attached hydrogen (secondary N) is 1. The van der Waals surface area contributed by atoms with Crippen molar-refractivity contribution in [3.05, 3.63) is 63.6 Å². The van der Waals surface area contributed by atoms with Gasteiger partial charge in [-0.05, 0) is 18.2 Å². The van der Waals surface area contributed by atoms with E-state index in [1.165, 1.54) is 39.8 Å². The van der Waals surface area contributed by atoms with Gasteiger partial charge in [-0.1, -0.05) is 30.0 Å². The molecule has 4 heterocycles. The normalized spacial score (nSPS) is 19.1. The molecule has 4 aromatic rings. The Morgan fingerprint density at radius 1 is 1.26 bits per heavy atom. The average molecular weight is 569 g/mol. The van der Waals surface area contributed by atoms with Crippen molar-refractivity contribution in [1.29, 1.82) is 0 Å². The second-order valence-corrected chi connectivity index (χ2v) is 11.9. The van der Waals surface area contributed by atoms with Gasteiger partial charge in [-0.3, -0.25) is 14.5 Å². The second kappa shape index (κ2) is 9.66. The first kappa shape index (κ1) is 24.8. The third kappa shape index (κ3) is 4.21. The number of carbonyl (C=O) groups is 3. The first-order chi connectivity index (χ1) is 18.3. The van der Waals surface area contributed by atoms with Crippen molar-refractivity contribution >= 4 is 79.7 Å². The lowest BCUT2D eigenvalue weighted by molar-refractivity contribution is -0.150. The Morgan fingerprint density at radius 2 is 2.11 bits per heavy atom. The number of amides is 2. The number of furan rings is 1. The summed E-state index contributed by atoms with van der Waals surface area (Å²) in [5, 5.41) is 25.7. The fourth-order valence-corrected chi connectivity index (χ4v) is 7.69. The Balaban J connectivity index is 1.23. The Labute approximate surface area is 227 Å². The second-order valence-electron chi connectivity index (χ2n) is 8.70. The molecule has 2 amide bonds. The molecule has 2 aromatic heterocycles. The fraction of sp³-hybridized carbons (Fsp3) is 0.200. The van der Waals surface area contributed by atoms with E-state index in [-0.39, 0.29) is 24.6 Å². The number of fused-ring (bicyclic) bond motifs is 4. The molecule has 0 unspecified atom stereocenters. The van der Waals surface area contributed by atoms with Crippen LogP contribution < -0.4 is 11.1 Å². The summed E-state index contributed by atoms with van der Waals surface area (Å²) in [4.78, 5) is 44.2. The van der Waals surface area contributed by atoms with Crippen molar-refractivity contribution in [2.75, 3.05) is 11.5 Å². The highest BCUT2D eigenvalue weighted by molar-refractivity contribution is 8.06. The number of para-hydroxylation sites is 1. The Bertz CT molecular complexity index is 1660. The lowest BCUT2D eigenvalue weighted by Crippen LogP contribution is -2.70. The summed E-state index contributed by atoms with van der Waals surface area (Å²) in [6.45, 7) is -0.142. The third-order valence-corrected chi connectivity index (χ3v) is 9.59. The van der Waals surface area contributed by atoms with E-state index in [1.54, 1.807) is 11.4 Å². The first-order valence-electron chi connectivity index (χ1n) is 11.5. The van der Waals surface area contributed by atoms with E-state index in [4.69, 9.17) is 10.2 Å². The van der Waals surface area contributed by atoms with E-state index >= 15 is 0 Å². The number of aliphatic hydroxyl groups excluding tert-OH is 1. The number of aliphatic hydroxyl groups is 1. The van der Waals surface area contributed by atoms with Crippen molar-refractivity contribution in [3.8, 4) is 0 Å². The number of carboxylic acids is 1. The number of carboxylic acid groups (broad SMARTS) is 1. The predicted molar refractivity (Wildman–Crippen MR) is 145 cm³/mol. The number of thiazole rings is 1. The first-order valence-corrected chi connectivity index (χ1v) is 14.2. The van der Waals surface area contributed by atoms with Gasteiger partial charge in [0.1, 0.15) is 28.3 Å². The summed E-state index contributed by atoms with van der Waals surface area (Å²) in [6.07, 6.45) is -0.0122. The lowest BCUT2D eigenvalue weighted by Gasteiger charge is -2.49. The number of nitrogen functional groups attached to an aromatic ring is 1. The smallest absolute Gasteiger partial charge is 0.353 e. The molecule has 13 heteroatoms. The van der Waals surface area contributed by atoms with Gasteiger partial charge in [-0.25, -0.2) is 9.78 Å². The Hall–Kier alpha value is -3.52. The molecule has 2 aromatic carbocycles.